The van der Waals surface area contributed by atoms with E-state index in [-0.39, 0.29) is 24.9 Å². The summed E-state index contributed by atoms with van der Waals surface area (Å²) in [5, 5.41) is 7.60. The van der Waals surface area contributed by atoms with Crippen LogP contribution in [0.2, 0.25) is 0 Å². The van der Waals surface area contributed by atoms with E-state index in [2.05, 4.69) is 10.3 Å². The monoisotopic (exact) mass is 279 g/mol. The lowest BCUT2D eigenvalue weighted by atomic mass is 10.3. The maximum absolute atomic E-state index is 13.3. The number of para-hydroxylation sites is 1. The maximum Gasteiger partial charge on any atom is 0.327 e. The summed E-state index contributed by atoms with van der Waals surface area (Å²) in [6.07, 6.45) is 1.55. The third kappa shape index (κ3) is 3.78. The number of carbonyl (C=O) groups is 1. The molecule has 0 amide bonds. The average Bonchev–Trinajstić information content (AvgIpc) is 2.85. The molecule has 0 N–H and O–H groups in total. The predicted octanol–water partition coefficient (Wildman–Crippen LogP) is 1.56. The largest absolute Gasteiger partial charge is 0.484 e. The molecule has 2 aromatic rings. The highest BCUT2D eigenvalue weighted by atomic mass is 19.1. The van der Waals surface area contributed by atoms with Crippen LogP contribution in [0, 0.1) is 5.82 Å². The van der Waals surface area contributed by atoms with Gasteiger partial charge in [0.15, 0.2) is 11.6 Å². The molecule has 0 aliphatic carbocycles. The summed E-state index contributed by atoms with van der Waals surface area (Å²) in [6, 6.07) is 6.10. The molecular weight excluding hydrogens is 265 g/mol. The Hall–Kier alpha value is -2.44. The number of hydrogen-bond acceptors (Lipinski definition) is 5. The number of rotatable bonds is 6. The smallest absolute Gasteiger partial charge is 0.327 e. The minimum atomic E-state index is -0.439. The van der Waals surface area contributed by atoms with E-state index >= 15 is 0 Å². The van der Waals surface area contributed by atoms with E-state index in [1.165, 1.54) is 16.8 Å². The second-order valence-electron chi connectivity index (χ2n) is 3.93. The lowest BCUT2D eigenvalue weighted by molar-refractivity contribution is -0.144. The summed E-state index contributed by atoms with van der Waals surface area (Å²) in [4.78, 5) is 11.3. The van der Waals surface area contributed by atoms with Crippen molar-refractivity contribution < 1.29 is 18.7 Å². The zero-order chi connectivity index (χ0) is 14.4. The fraction of sp³-hybridized carbons (Fsp3) is 0.308. The molecule has 1 aromatic carbocycles. The van der Waals surface area contributed by atoms with E-state index < -0.39 is 5.82 Å². The van der Waals surface area contributed by atoms with Crippen LogP contribution in [-0.2, 0) is 22.7 Å². The van der Waals surface area contributed by atoms with Crippen molar-refractivity contribution in [3.63, 3.8) is 0 Å². The molecule has 0 atom stereocenters. The number of halogens is 1. The standard InChI is InChI=1S/C13H14FN3O3/c1-2-19-13(18)8-17-7-10(15-16-17)9-20-12-6-4-3-5-11(12)14/h3-7H,2,8-9H2,1H3. The Kier molecular flexibility index (Phi) is 4.65. The molecule has 6 nitrogen and oxygen atoms in total. The molecule has 0 saturated heterocycles. The molecule has 1 aromatic heterocycles. The minimum Gasteiger partial charge on any atom is -0.484 e. The molecule has 0 radical (unpaired) electrons. The first kappa shape index (κ1) is 14.0. The lowest BCUT2D eigenvalue weighted by Crippen LogP contribution is -2.13. The molecule has 20 heavy (non-hydrogen) atoms. The number of nitrogens with zero attached hydrogens (tertiary/aromatic N) is 3. The summed E-state index contributed by atoms with van der Waals surface area (Å²) in [5.41, 5.74) is 0.498. The van der Waals surface area contributed by atoms with E-state index in [1.54, 1.807) is 25.3 Å². The zero-order valence-electron chi connectivity index (χ0n) is 11.0. The molecule has 0 spiro atoms. The van der Waals surface area contributed by atoms with Crippen LogP contribution in [0.25, 0.3) is 0 Å². The van der Waals surface area contributed by atoms with Gasteiger partial charge in [-0.1, -0.05) is 17.3 Å². The highest BCUT2D eigenvalue weighted by Crippen LogP contribution is 2.16. The summed E-state index contributed by atoms with van der Waals surface area (Å²) >= 11 is 0. The number of carbonyl (C=O) groups excluding carboxylic acids is 1. The Morgan fingerprint density at radius 1 is 1.40 bits per heavy atom. The molecule has 0 saturated carbocycles. The Bertz CT molecular complexity index is 586. The van der Waals surface area contributed by atoms with Crippen LogP contribution < -0.4 is 4.74 Å². The topological polar surface area (TPSA) is 66.2 Å². The normalized spacial score (nSPS) is 10.3. The van der Waals surface area contributed by atoms with Gasteiger partial charge in [0.2, 0.25) is 0 Å². The fourth-order valence-electron chi connectivity index (χ4n) is 1.53. The van der Waals surface area contributed by atoms with Gasteiger partial charge in [-0.25, -0.2) is 9.07 Å². The van der Waals surface area contributed by atoms with Gasteiger partial charge in [0.1, 0.15) is 18.8 Å². The second-order valence-corrected chi connectivity index (χ2v) is 3.93. The van der Waals surface area contributed by atoms with E-state index in [0.29, 0.717) is 12.3 Å². The van der Waals surface area contributed by atoms with Gasteiger partial charge >= 0.3 is 5.97 Å². The van der Waals surface area contributed by atoms with Gasteiger partial charge < -0.3 is 9.47 Å². The molecule has 1 heterocycles. The molecule has 7 heteroatoms. The Morgan fingerprint density at radius 3 is 2.95 bits per heavy atom. The number of aromatic nitrogens is 3. The Labute approximate surface area is 115 Å². The van der Waals surface area contributed by atoms with Gasteiger partial charge in [0.25, 0.3) is 0 Å². The summed E-state index contributed by atoms with van der Waals surface area (Å²) < 4.78 is 24.7. The van der Waals surface area contributed by atoms with E-state index in [9.17, 15) is 9.18 Å². The van der Waals surface area contributed by atoms with Gasteiger partial charge in [0.05, 0.1) is 12.8 Å². The highest BCUT2D eigenvalue weighted by Gasteiger charge is 2.08. The van der Waals surface area contributed by atoms with Crippen molar-refractivity contribution in [3.8, 4) is 5.75 Å². The number of ether oxygens (including phenoxy) is 2. The molecule has 0 bridgehead atoms. The van der Waals surface area contributed by atoms with E-state index in [1.807, 2.05) is 0 Å². The Morgan fingerprint density at radius 2 is 2.20 bits per heavy atom. The van der Waals surface area contributed by atoms with Crippen molar-refractivity contribution in [1.82, 2.24) is 15.0 Å². The Balaban J connectivity index is 1.90. The van der Waals surface area contributed by atoms with Crippen LogP contribution in [0.4, 0.5) is 4.39 Å². The van der Waals surface area contributed by atoms with Crippen molar-refractivity contribution in [2.75, 3.05) is 6.61 Å². The molecule has 2 rings (SSSR count). The van der Waals surface area contributed by atoms with Crippen molar-refractivity contribution in [2.24, 2.45) is 0 Å². The first-order valence-corrected chi connectivity index (χ1v) is 6.11. The van der Waals surface area contributed by atoms with Crippen LogP contribution in [-0.4, -0.2) is 27.6 Å². The predicted molar refractivity (Wildman–Crippen MR) is 67.4 cm³/mol. The lowest BCUT2D eigenvalue weighted by Gasteiger charge is -2.04. The third-order valence-corrected chi connectivity index (χ3v) is 2.39. The maximum atomic E-state index is 13.3. The third-order valence-electron chi connectivity index (χ3n) is 2.39. The molecule has 0 aliphatic rings. The first-order chi connectivity index (χ1) is 9.69. The van der Waals surface area contributed by atoms with Gasteiger partial charge in [-0.2, -0.15) is 0 Å². The van der Waals surface area contributed by atoms with Gasteiger partial charge in [-0.05, 0) is 19.1 Å². The van der Waals surface area contributed by atoms with Gasteiger partial charge in [-0.3, -0.25) is 4.79 Å². The van der Waals surface area contributed by atoms with Crippen LogP contribution in [0.1, 0.15) is 12.6 Å². The SMILES string of the molecule is CCOC(=O)Cn1cc(COc2ccccc2F)nn1. The first-order valence-electron chi connectivity index (χ1n) is 6.11. The summed E-state index contributed by atoms with van der Waals surface area (Å²) in [6.45, 7) is 2.11. The quantitative estimate of drug-likeness (QED) is 0.751. The van der Waals surface area contributed by atoms with Crippen molar-refractivity contribution in [3.05, 3.63) is 42.0 Å². The van der Waals surface area contributed by atoms with E-state index in [4.69, 9.17) is 9.47 Å². The van der Waals surface area contributed by atoms with Gasteiger partial charge in [0, 0.05) is 0 Å². The molecule has 106 valence electrons. The highest BCUT2D eigenvalue weighted by molar-refractivity contribution is 5.68. The summed E-state index contributed by atoms with van der Waals surface area (Å²) in [5.74, 6) is -0.683. The summed E-state index contributed by atoms with van der Waals surface area (Å²) in [7, 11) is 0. The zero-order valence-corrected chi connectivity index (χ0v) is 11.0. The molecule has 0 fully saturated rings. The van der Waals surface area contributed by atoms with Crippen LogP contribution in [0.5, 0.6) is 5.75 Å². The number of esters is 1. The number of hydrogen-bond donors (Lipinski definition) is 0. The fourth-order valence-corrected chi connectivity index (χ4v) is 1.53. The van der Waals surface area contributed by atoms with Crippen LogP contribution in [0.3, 0.4) is 0 Å². The molecular formula is C13H14FN3O3. The van der Waals surface area contributed by atoms with Crippen LogP contribution in [0.15, 0.2) is 30.5 Å². The average molecular weight is 279 g/mol. The molecule has 0 aliphatic heterocycles. The molecule has 0 unspecified atom stereocenters. The van der Waals surface area contributed by atoms with Crippen molar-refractivity contribution >= 4 is 5.97 Å². The second kappa shape index (κ2) is 6.65. The van der Waals surface area contributed by atoms with Crippen molar-refractivity contribution in [2.45, 2.75) is 20.1 Å². The van der Waals surface area contributed by atoms with E-state index in [0.717, 1.165) is 0 Å². The minimum absolute atomic E-state index is 0.0134. The van der Waals surface area contributed by atoms with Crippen molar-refractivity contribution in [1.29, 1.82) is 0 Å². The van der Waals surface area contributed by atoms with Crippen LogP contribution >= 0.6 is 0 Å². The van der Waals surface area contributed by atoms with Gasteiger partial charge in [-0.15, -0.1) is 5.10 Å². The number of benzene rings is 1.